The van der Waals surface area contributed by atoms with Crippen LogP contribution in [0.2, 0.25) is 0 Å². The van der Waals surface area contributed by atoms with Gasteiger partial charge in [-0.2, -0.15) is 0 Å². The Labute approximate surface area is 121 Å². The lowest BCUT2D eigenvalue weighted by Gasteiger charge is -2.19. The first-order chi connectivity index (χ1) is 8.66. The molecule has 2 atom stereocenters. The Morgan fingerprint density at radius 1 is 1.06 bits per heavy atom. The molecule has 0 bridgehead atoms. The maximum absolute atomic E-state index is 10.2. The summed E-state index contributed by atoms with van der Waals surface area (Å²) < 4.78 is 1.13. The van der Waals surface area contributed by atoms with Crippen molar-refractivity contribution in [2.24, 2.45) is 5.73 Å². The van der Waals surface area contributed by atoms with Crippen LogP contribution in [0.1, 0.15) is 17.2 Å². The van der Waals surface area contributed by atoms with E-state index in [-0.39, 0.29) is 6.04 Å². The van der Waals surface area contributed by atoms with Crippen molar-refractivity contribution in [1.29, 1.82) is 0 Å². The lowest BCUT2D eigenvalue weighted by molar-refractivity contribution is 0.145. The zero-order chi connectivity index (χ0) is 13.0. The van der Waals surface area contributed by atoms with Gasteiger partial charge < -0.3 is 10.8 Å². The summed E-state index contributed by atoms with van der Waals surface area (Å²) in [5.41, 5.74) is 8.18. The van der Waals surface area contributed by atoms with Gasteiger partial charge in [-0.25, -0.2) is 0 Å². The Balaban J connectivity index is 2.07. The average molecular weight is 353 g/mol. The third-order valence-corrected chi connectivity index (χ3v) is 3.61. The minimum absolute atomic E-state index is 0.347. The largest absolute Gasteiger partial charge is 0.391 e. The molecule has 2 nitrogen and oxygen atoms in total. The molecule has 0 aliphatic rings. The molecule has 2 aromatic carbocycles. The van der Waals surface area contributed by atoms with Gasteiger partial charge in [-0.05, 0) is 45.9 Å². The lowest BCUT2D eigenvalue weighted by atomic mass is 9.97. The molecule has 3 N–H and O–H groups in total. The molecule has 0 aliphatic carbocycles. The standard InChI is InChI=1S/C15H16INO/c16-13-8-4-7-12(10-13)15(17)14(18)9-11-5-2-1-3-6-11/h1-8,10,14-15,18H,9,17H2/t14-,15+/m1/s1. The molecule has 2 aromatic rings. The van der Waals surface area contributed by atoms with Crippen LogP contribution in [0.15, 0.2) is 54.6 Å². The third kappa shape index (κ3) is 3.54. The Hall–Kier alpha value is -0.910. The fourth-order valence-electron chi connectivity index (χ4n) is 1.92. The van der Waals surface area contributed by atoms with Gasteiger partial charge in [0.1, 0.15) is 0 Å². The predicted molar refractivity (Wildman–Crippen MR) is 82.2 cm³/mol. The number of nitrogens with two attached hydrogens (primary N) is 1. The topological polar surface area (TPSA) is 46.2 Å². The summed E-state index contributed by atoms with van der Waals surface area (Å²) in [6.07, 6.45) is 0.0126. The van der Waals surface area contributed by atoms with Gasteiger partial charge in [-0.3, -0.25) is 0 Å². The normalized spacial score (nSPS) is 14.2. The summed E-state index contributed by atoms with van der Waals surface area (Å²) in [7, 11) is 0. The second-order valence-corrected chi connectivity index (χ2v) is 5.58. The van der Waals surface area contributed by atoms with Crippen LogP contribution in [-0.2, 0) is 6.42 Å². The van der Waals surface area contributed by atoms with Gasteiger partial charge in [0.2, 0.25) is 0 Å². The van der Waals surface area contributed by atoms with E-state index in [0.717, 1.165) is 14.7 Å². The molecule has 94 valence electrons. The van der Waals surface area contributed by atoms with E-state index in [1.807, 2.05) is 54.6 Å². The third-order valence-electron chi connectivity index (χ3n) is 2.94. The SMILES string of the molecule is N[C@@H](c1cccc(I)c1)[C@H](O)Cc1ccccc1. The van der Waals surface area contributed by atoms with Crippen molar-refractivity contribution in [3.8, 4) is 0 Å². The van der Waals surface area contributed by atoms with Crippen LogP contribution in [0.5, 0.6) is 0 Å². The van der Waals surface area contributed by atoms with Crippen molar-refractivity contribution in [2.75, 3.05) is 0 Å². The van der Waals surface area contributed by atoms with E-state index in [2.05, 4.69) is 22.6 Å². The molecule has 0 amide bonds. The van der Waals surface area contributed by atoms with Crippen LogP contribution in [0.3, 0.4) is 0 Å². The first-order valence-corrected chi connectivity index (χ1v) is 6.98. The van der Waals surface area contributed by atoms with Crippen molar-refractivity contribution in [3.05, 3.63) is 69.3 Å². The number of hydrogen-bond acceptors (Lipinski definition) is 2. The van der Waals surface area contributed by atoms with Crippen molar-refractivity contribution in [1.82, 2.24) is 0 Å². The molecule has 0 aromatic heterocycles. The van der Waals surface area contributed by atoms with E-state index in [1.54, 1.807) is 0 Å². The fourth-order valence-corrected chi connectivity index (χ4v) is 2.49. The lowest BCUT2D eigenvalue weighted by Crippen LogP contribution is -2.28. The van der Waals surface area contributed by atoms with Crippen molar-refractivity contribution < 1.29 is 5.11 Å². The molecular formula is C15H16INO. The molecule has 0 radical (unpaired) electrons. The number of hydrogen-bond donors (Lipinski definition) is 2. The Bertz CT molecular complexity index is 501. The minimum Gasteiger partial charge on any atom is -0.391 e. The van der Waals surface area contributed by atoms with E-state index in [1.165, 1.54) is 0 Å². The highest BCUT2D eigenvalue weighted by Crippen LogP contribution is 2.19. The molecule has 0 saturated carbocycles. The van der Waals surface area contributed by atoms with E-state index in [9.17, 15) is 5.11 Å². The summed E-state index contributed by atoms with van der Waals surface area (Å²) in [5.74, 6) is 0. The number of rotatable bonds is 4. The first kappa shape index (κ1) is 13.5. The monoisotopic (exact) mass is 353 g/mol. The van der Waals surface area contributed by atoms with E-state index < -0.39 is 6.10 Å². The molecule has 0 heterocycles. The highest BCUT2D eigenvalue weighted by molar-refractivity contribution is 14.1. The van der Waals surface area contributed by atoms with Crippen molar-refractivity contribution in [3.63, 3.8) is 0 Å². The smallest absolute Gasteiger partial charge is 0.0773 e. The summed E-state index contributed by atoms with van der Waals surface area (Å²) >= 11 is 2.25. The van der Waals surface area contributed by atoms with Gasteiger partial charge in [0.15, 0.2) is 0 Å². The summed E-state index contributed by atoms with van der Waals surface area (Å²) in [6, 6.07) is 17.5. The number of benzene rings is 2. The maximum atomic E-state index is 10.2. The van der Waals surface area contributed by atoms with Gasteiger partial charge in [-0.15, -0.1) is 0 Å². The second-order valence-electron chi connectivity index (χ2n) is 4.34. The second kappa shape index (κ2) is 6.31. The average Bonchev–Trinajstić information content (AvgIpc) is 2.39. The van der Waals surface area contributed by atoms with Gasteiger partial charge in [0.25, 0.3) is 0 Å². The van der Waals surface area contributed by atoms with Gasteiger partial charge in [-0.1, -0.05) is 42.5 Å². The minimum atomic E-state index is -0.564. The molecule has 0 aliphatic heterocycles. The predicted octanol–water partition coefficient (Wildman–Crippen LogP) is 2.89. The number of aliphatic hydroxyl groups excluding tert-OH is 1. The molecule has 0 saturated heterocycles. The highest BCUT2D eigenvalue weighted by atomic mass is 127. The molecular weight excluding hydrogens is 337 g/mol. The van der Waals surface area contributed by atoms with E-state index >= 15 is 0 Å². The fraction of sp³-hybridized carbons (Fsp3) is 0.200. The molecule has 2 rings (SSSR count). The van der Waals surface area contributed by atoms with Crippen molar-refractivity contribution >= 4 is 22.6 Å². The van der Waals surface area contributed by atoms with Crippen LogP contribution in [0, 0.1) is 3.57 Å². The van der Waals surface area contributed by atoms with Crippen LogP contribution in [0.4, 0.5) is 0 Å². The Morgan fingerprint density at radius 3 is 2.44 bits per heavy atom. The molecule has 0 fully saturated rings. The summed E-state index contributed by atoms with van der Waals surface area (Å²) in [6.45, 7) is 0. The van der Waals surface area contributed by atoms with Crippen LogP contribution >= 0.6 is 22.6 Å². The molecule has 0 spiro atoms. The van der Waals surface area contributed by atoms with Crippen LogP contribution in [0.25, 0.3) is 0 Å². The van der Waals surface area contributed by atoms with Crippen molar-refractivity contribution in [2.45, 2.75) is 18.6 Å². The molecule has 18 heavy (non-hydrogen) atoms. The summed E-state index contributed by atoms with van der Waals surface area (Å²) in [5, 5.41) is 10.2. The Kier molecular flexibility index (Phi) is 4.74. The van der Waals surface area contributed by atoms with Crippen LogP contribution in [-0.4, -0.2) is 11.2 Å². The van der Waals surface area contributed by atoms with Crippen LogP contribution < -0.4 is 5.73 Å². The molecule has 3 heteroatoms. The maximum Gasteiger partial charge on any atom is 0.0773 e. The Morgan fingerprint density at radius 2 is 1.78 bits per heavy atom. The molecule has 0 unspecified atom stereocenters. The highest BCUT2D eigenvalue weighted by Gasteiger charge is 2.17. The quantitative estimate of drug-likeness (QED) is 0.831. The summed E-state index contributed by atoms with van der Waals surface area (Å²) in [4.78, 5) is 0. The number of halogens is 1. The van der Waals surface area contributed by atoms with E-state index in [4.69, 9.17) is 5.73 Å². The first-order valence-electron chi connectivity index (χ1n) is 5.90. The van der Waals surface area contributed by atoms with Gasteiger partial charge >= 0.3 is 0 Å². The van der Waals surface area contributed by atoms with Gasteiger partial charge in [0.05, 0.1) is 12.1 Å². The zero-order valence-corrected chi connectivity index (χ0v) is 12.1. The van der Waals surface area contributed by atoms with Gasteiger partial charge in [0, 0.05) is 9.99 Å². The van der Waals surface area contributed by atoms with E-state index in [0.29, 0.717) is 6.42 Å². The zero-order valence-electron chi connectivity index (χ0n) is 9.96. The number of aliphatic hydroxyl groups is 1.